The van der Waals surface area contributed by atoms with Crippen LogP contribution in [-0.2, 0) is 13.9 Å². The van der Waals surface area contributed by atoms with Crippen LogP contribution in [0.15, 0.2) is 0 Å². The Balaban J connectivity index is 5.16. The van der Waals surface area contributed by atoms with E-state index in [4.69, 9.17) is 5.73 Å². The van der Waals surface area contributed by atoms with E-state index in [1.54, 1.807) is 0 Å². The predicted molar refractivity (Wildman–Crippen MR) is 63.8 cm³/mol. The molecular weight excluding hydrogens is 262 g/mol. The third-order valence-corrected chi connectivity index (χ3v) is 2.92. The van der Waals surface area contributed by atoms with E-state index in [1.807, 2.05) is 0 Å². The van der Waals surface area contributed by atoms with Gasteiger partial charge in [0.1, 0.15) is 0 Å². The number of hydrogen-bond donors (Lipinski definition) is 2. The summed E-state index contributed by atoms with van der Waals surface area (Å²) in [5.74, 6) is 3.38. The van der Waals surface area contributed by atoms with Gasteiger partial charge in [-0.15, -0.1) is 0 Å². The molecule has 0 aliphatic heterocycles. The molecule has 0 aliphatic carbocycles. The first-order chi connectivity index (χ1) is 8.02. The number of hydrogen-bond acceptors (Lipinski definition) is 5. The summed E-state index contributed by atoms with van der Waals surface area (Å²) >= 11 is 0. The Kier molecular flexibility index (Phi) is 8.20. The van der Waals surface area contributed by atoms with Gasteiger partial charge >= 0.3 is 101 Å². The molecule has 0 saturated heterocycles. The quantitative estimate of drug-likeness (QED) is 0.435. The minimum atomic E-state index is -1.37. The summed E-state index contributed by atoms with van der Waals surface area (Å²) in [6.45, 7) is 1.90. The zero-order valence-corrected chi connectivity index (χ0v) is 11.2. The van der Waals surface area contributed by atoms with Gasteiger partial charge in [-0.05, 0) is 0 Å². The summed E-state index contributed by atoms with van der Waals surface area (Å²) in [6.07, 6.45) is 1.54. The van der Waals surface area contributed by atoms with E-state index >= 15 is 0 Å². The van der Waals surface area contributed by atoms with Crippen LogP contribution in [0.5, 0.6) is 0 Å². The van der Waals surface area contributed by atoms with Crippen LogP contribution in [0.4, 0.5) is 0 Å². The van der Waals surface area contributed by atoms with Gasteiger partial charge in [-0.1, -0.05) is 0 Å². The van der Waals surface area contributed by atoms with Gasteiger partial charge < -0.3 is 0 Å². The number of unbranched alkanes of at least 4 members (excludes halogenated alkanes) is 1. The average molecular weight is 276 g/mol. The van der Waals surface area contributed by atoms with E-state index < -0.39 is 27.3 Å². The number of rotatable bonds is 6. The monoisotopic (exact) mass is 276 g/mol. The van der Waals surface area contributed by atoms with Gasteiger partial charge in [-0.2, -0.15) is 0 Å². The molecule has 0 aromatic rings. The standard InChI is InChI=1S/C9H14N2O4P2/c1-9(8(12)13,4-2-3-5-10)11(6-16-14)7-17-15/h2-5,10H2,1H3,(H,12,13)/t9-/m0/s1. The third kappa shape index (κ3) is 5.06. The fourth-order valence-corrected chi connectivity index (χ4v) is 2.04. The Bertz CT molecular complexity index is 441. The van der Waals surface area contributed by atoms with Crippen LogP contribution in [0.2, 0.25) is 0 Å². The summed E-state index contributed by atoms with van der Waals surface area (Å²) in [4.78, 5) is 12.2. The Morgan fingerprint density at radius 2 is 1.88 bits per heavy atom. The molecule has 0 aromatic heterocycles. The molecule has 0 rings (SSSR count). The number of carboxylic acids is 1. The predicted octanol–water partition coefficient (Wildman–Crippen LogP) is 1.68. The Morgan fingerprint density at radius 1 is 1.35 bits per heavy atom. The van der Waals surface area contributed by atoms with Gasteiger partial charge in [0.2, 0.25) is 0 Å². The minimum absolute atomic E-state index is 0.268. The maximum atomic E-state index is 11.2. The summed E-state index contributed by atoms with van der Waals surface area (Å²) in [5.41, 5.74) is 3.96. The first kappa shape index (κ1) is 16.4. The maximum absolute atomic E-state index is 11.2. The van der Waals surface area contributed by atoms with Crippen LogP contribution in [-0.4, -0.2) is 28.1 Å². The van der Waals surface area contributed by atoms with Crippen LogP contribution in [0, 0.1) is 11.5 Å². The molecule has 94 valence electrons. The van der Waals surface area contributed by atoms with Crippen molar-refractivity contribution >= 4 is 21.8 Å². The van der Waals surface area contributed by atoms with E-state index in [-0.39, 0.29) is 6.42 Å². The van der Waals surface area contributed by atoms with Gasteiger partial charge in [0, 0.05) is 0 Å². The topological polar surface area (TPSA) is 101 Å². The van der Waals surface area contributed by atoms with E-state index in [0.29, 0.717) is 19.4 Å². The van der Waals surface area contributed by atoms with Crippen molar-refractivity contribution in [2.75, 3.05) is 6.54 Å². The summed E-state index contributed by atoms with van der Waals surface area (Å²) < 4.78 is 21.0. The van der Waals surface area contributed by atoms with Crippen molar-refractivity contribution in [1.29, 1.82) is 0 Å². The molecule has 0 amide bonds. The van der Waals surface area contributed by atoms with Crippen molar-refractivity contribution in [3.8, 4) is 11.5 Å². The molecule has 0 saturated carbocycles. The van der Waals surface area contributed by atoms with Crippen molar-refractivity contribution in [1.82, 2.24) is 4.90 Å². The third-order valence-electron chi connectivity index (χ3n) is 2.35. The van der Waals surface area contributed by atoms with Crippen LogP contribution in [0.3, 0.4) is 0 Å². The number of nitrogens with two attached hydrogens (primary N) is 1. The SMILES string of the molecule is C[C@](CCCCN)(C(=O)O)N(C#P=O)C#P=O. The van der Waals surface area contributed by atoms with Gasteiger partial charge in [-0.25, -0.2) is 0 Å². The normalized spacial score (nSPS) is 13.4. The van der Waals surface area contributed by atoms with Gasteiger partial charge in [0.05, 0.1) is 0 Å². The van der Waals surface area contributed by atoms with Gasteiger partial charge in [0.15, 0.2) is 0 Å². The molecular formula is C9H14N2O4P2. The Labute approximate surface area is 102 Å². The molecule has 0 fully saturated rings. The van der Waals surface area contributed by atoms with Crippen molar-refractivity contribution in [2.24, 2.45) is 5.73 Å². The van der Waals surface area contributed by atoms with Crippen LogP contribution < -0.4 is 5.73 Å². The van der Waals surface area contributed by atoms with Crippen LogP contribution in [0.25, 0.3) is 0 Å². The van der Waals surface area contributed by atoms with Crippen molar-refractivity contribution in [3.05, 3.63) is 0 Å². The molecule has 0 unspecified atom stereocenters. The first-order valence-corrected chi connectivity index (χ1v) is 6.55. The molecule has 0 bridgehead atoms. The number of nitrogens with zero attached hydrogens (tertiary/aromatic N) is 1. The molecule has 1 atom stereocenters. The second kappa shape index (κ2) is 8.49. The Morgan fingerprint density at radius 3 is 2.24 bits per heavy atom. The molecule has 17 heavy (non-hydrogen) atoms. The van der Waals surface area contributed by atoms with E-state index in [2.05, 4.69) is 11.5 Å². The number of carboxylic acid groups (broad SMARTS) is 1. The second-order valence-corrected chi connectivity index (χ2v) is 4.31. The summed E-state index contributed by atoms with van der Waals surface area (Å²) in [6, 6.07) is 0. The van der Waals surface area contributed by atoms with Crippen LogP contribution >= 0.6 is 15.8 Å². The second-order valence-electron chi connectivity index (χ2n) is 3.54. The fourth-order valence-electron chi connectivity index (χ4n) is 1.25. The average Bonchev–Trinajstić information content (AvgIpc) is 2.28. The van der Waals surface area contributed by atoms with Gasteiger partial charge in [0.25, 0.3) is 0 Å². The first-order valence-electron chi connectivity index (χ1n) is 4.92. The van der Waals surface area contributed by atoms with Crippen LogP contribution in [0.1, 0.15) is 26.2 Å². The molecule has 0 radical (unpaired) electrons. The van der Waals surface area contributed by atoms with E-state index in [0.717, 1.165) is 4.90 Å². The molecule has 3 N–H and O–H groups in total. The molecule has 0 heterocycles. The molecule has 6 nitrogen and oxygen atoms in total. The molecule has 0 aliphatic rings. The van der Waals surface area contributed by atoms with E-state index in [1.165, 1.54) is 6.92 Å². The Hall–Kier alpha value is -0.590. The van der Waals surface area contributed by atoms with E-state index in [9.17, 15) is 19.0 Å². The summed E-state index contributed by atoms with van der Waals surface area (Å²) in [5, 5.41) is 9.19. The zero-order chi connectivity index (χ0) is 13.3. The molecule has 0 spiro atoms. The van der Waals surface area contributed by atoms with Gasteiger partial charge in [-0.3, -0.25) is 0 Å². The molecule has 0 aromatic carbocycles. The van der Waals surface area contributed by atoms with Crippen molar-refractivity contribution in [3.63, 3.8) is 0 Å². The summed E-state index contributed by atoms with van der Waals surface area (Å²) in [7, 11) is -0.983. The molecule has 8 heteroatoms. The van der Waals surface area contributed by atoms with Crippen molar-refractivity contribution < 1.29 is 19.0 Å². The fraction of sp³-hybridized carbons (Fsp3) is 0.667. The number of carbonyl (C=O) groups is 1. The number of aliphatic carboxylic acids is 1. The van der Waals surface area contributed by atoms with Crippen molar-refractivity contribution in [2.45, 2.75) is 31.7 Å². The zero-order valence-electron chi connectivity index (χ0n) is 9.42.